The van der Waals surface area contributed by atoms with E-state index in [1.54, 1.807) is 6.07 Å². The zero-order valence-electron chi connectivity index (χ0n) is 12.3. The van der Waals surface area contributed by atoms with E-state index < -0.39 is 16.3 Å². The fourth-order valence-electron chi connectivity index (χ4n) is 2.88. The Bertz CT molecular complexity index is 574. The number of hydrogen-bond acceptors (Lipinski definition) is 6. The highest BCUT2D eigenvalue weighted by molar-refractivity contribution is 5.86. The normalized spacial score (nSPS) is 22.0. The van der Waals surface area contributed by atoms with Crippen LogP contribution in [0.2, 0.25) is 0 Å². The molecule has 1 atom stereocenters. The average molecular weight is 294 g/mol. The lowest BCUT2D eigenvalue weighted by Crippen LogP contribution is -2.39. The standard InChI is InChI=1S/C14H18N2O5/c1-15-7-6-14(9-15,13(17)21-3)11-8-10(20-2)4-5-12(11)16(18)19/h4-5,8H,6-7,9H2,1-3H3/t14-/m1/s1. The topological polar surface area (TPSA) is 81.9 Å². The highest BCUT2D eigenvalue weighted by Crippen LogP contribution is 2.41. The Labute approximate surface area is 122 Å². The number of ether oxygens (including phenoxy) is 2. The number of carbonyl (C=O) groups is 1. The molecule has 0 unspecified atom stereocenters. The van der Waals surface area contributed by atoms with Crippen molar-refractivity contribution in [1.29, 1.82) is 0 Å². The van der Waals surface area contributed by atoms with Gasteiger partial charge < -0.3 is 14.4 Å². The van der Waals surface area contributed by atoms with Crippen molar-refractivity contribution in [2.24, 2.45) is 0 Å². The summed E-state index contributed by atoms with van der Waals surface area (Å²) in [6.07, 6.45) is 0.476. The third-order valence-corrected chi connectivity index (χ3v) is 3.95. The van der Waals surface area contributed by atoms with Gasteiger partial charge in [-0.15, -0.1) is 0 Å². The predicted octanol–water partition coefficient (Wildman–Crippen LogP) is 1.35. The largest absolute Gasteiger partial charge is 0.497 e. The molecule has 1 aromatic carbocycles. The van der Waals surface area contributed by atoms with Gasteiger partial charge in [0, 0.05) is 12.6 Å². The molecule has 1 heterocycles. The second-order valence-corrected chi connectivity index (χ2v) is 5.20. The summed E-state index contributed by atoms with van der Waals surface area (Å²) in [5.41, 5.74) is -0.764. The number of nitro benzene ring substituents is 1. The minimum Gasteiger partial charge on any atom is -0.497 e. The zero-order valence-corrected chi connectivity index (χ0v) is 12.3. The van der Waals surface area contributed by atoms with Crippen molar-refractivity contribution < 1.29 is 19.2 Å². The molecule has 1 aromatic rings. The molecule has 1 aliphatic rings. The van der Waals surface area contributed by atoms with Crippen molar-refractivity contribution in [2.75, 3.05) is 34.4 Å². The summed E-state index contributed by atoms with van der Waals surface area (Å²) in [5, 5.41) is 11.3. The molecule has 2 rings (SSSR count). The summed E-state index contributed by atoms with van der Waals surface area (Å²) in [6.45, 7) is 1.05. The number of nitrogens with zero attached hydrogens (tertiary/aromatic N) is 2. The van der Waals surface area contributed by atoms with Crippen LogP contribution in [0, 0.1) is 10.1 Å². The highest BCUT2D eigenvalue weighted by Gasteiger charge is 2.49. The number of likely N-dealkylation sites (N-methyl/N-ethyl adjacent to an activating group) is 1. The van der Waals surface area contributed by atoms with Crippen LogP contribution in [0.5, 0.6) is 5.75 Å². The average Bonchev–Trinajstić information content (AvgIpc) is 2.88. The zero-order chi connectivity index (χ0) is 15.6. The van der Waals surface area contributed by atoms with Crippen LogP contribution >= 0.6 is 0 Å². The lowest BCUT2D eigenvalue weighted by Gasteiger charge is -2.26. The first-order valence-electron chi connectivity index (χ1n) is 6.54. The fraction of sp³-hybridized carbons (Fsp3) is 0.500. The molecule has 7 heteroatoms. The van der Waals surface area contributed by atoms with Crippen LogP contribution in [-0.2, 0) is 14.9 Å². The van der Waals surface area contributed by atoms with E-state index in [2.05, 4.69) is 0 Å². The highest BCUT2D eigenvalue weighted by atomic mass is 16.6. The molecule has 0 spiro atoms. The monoisotopic (exact) mass is 294 g/mol. The summed E-state index contributed by atoms with van der Waals surface area (Å²) in [4.78, 5) is 25.1. The maximum atomic E-state index is 12.3. The van der Waals surface area contributed by atoms with Crippen molar-refractivity contribution in [1.82, 2.24) is 4.90 Å². The molecule has 0 aliphatic carbocycles. The number of carbonyl (C=O) groups excluding carboxylic acids is 1. The number of benzene rings is 1. The van der Waals surface area contributed by atoms with Gasteiger partial charge >= 0.3 is 5.97 Å². The number of rotatable bonds is 4. The SMILES string of the molecule is COC(=O)[C@]1(c2cc(OC)ccc2[N+](=O)[O-])CCN(C)C1. The molecule has 1 saturated heterocycles. The van der Waals surface area contributed by atoms with Gasteiger partial charge in [-0.3, -0.25) is 14.9 Å². The van der Waals surface area contributed by atoms with Gasteiger partial charge in [0.25, 0.3) is 5.69 Å². The predicted molar refractivity (Wildman–Crippen MR) is 75.5 cm³/mol. The van der Waals surface area contributed by atoms with Crippen LogP contribution in [0.4, 0.5) is 5.69 Å². The Morgan fingerprint density at radius 3 is 2.62 bits per heavy atom. The molecule has 1 aliphatic heterocycles. The fourth-order valence-corrected chi connectivity index (χ4v) is 2.88. The molecule has 114 valence electrons. The van der Waals surface area contributed by atoms with Crippen molar-refractivity contribution in [3.63, 3.8) is 0 Å². The van der Waals surface area contributed by atoms with Gasteiger partial charge in [0.1, 0.15) is 11.2 Å². The summed E-state index contributed by atoms with van der Waals surface area (Å²) in [7, 11) is 4.65. The smallest absolute Gasteiger partial charge is 0.317 e. The summed E-state index contributed by atoms with van der Waals surface area (Å²) < 4.78 is 10.1. The van der Waals surface area contributed by atoms with Crippen molar-refractivity contribution >= 4 is 11.7 Å². The van der Waals surface area contributed by atoms with Crippen LogP contribution in [0.3, 0.4) is 0 Å². The van der Waals surface area contributed by atoms with E-state index in [0.717, 1.165) is 0 Å². The van der Waals surface area contributed by atoms with Gasteiger partial charge in [0.2, 0.25) is 0 Å². The van der Waals surface area contributed by atoms with Gasteiger partial charge in [0.05, 0.1) is 24.7 Å². The molecule has 1 fully saturated rings. The Balaban J connectivity index is 2.64. The number of likely N-dealkylation sites (tertiary alicyclic amines) is 1. The number of hydrogen-bond donors (Lipinski definition) is 0. The summed E-state index contributed by atoms with van der Waals surface area (Å²) >= 11 is 0. The molecular formula is C14H18N2O5. The Morgan fingerprint density at radius 2 is 2.14 bits per heavy atom. The molecule has 7 nitrogen and oxygen atoms in total. The van der Waals surface area contributed by atoms with E-state index >= 15 is 0 Å². The minimum atomic E-state index is -1.03. The molecule has 0 radical (unpaired) electrons. The first kappa shape index (κ1) is 15.2. The van der Waals surface area contributed by atoms with Crippen molar-refractivity contribution in [3.05, 3.63) is 33.9 Å². The molecule has 0 amide bonds. The van der Waals surface area contributed by atoms with Gasteiger partial charge in [-0.25, -0.2) is 0 Å². The molecule has 21 heavy (non-hydrogen) atoms. The quantitative estimate of drug-likeness (QED) is 0.473. The Kier molecular flexibility index (Phi) is 4.13. The molecule has 0 N–H and O–H groups in total. The van der Waals surface area contributed by atoms with Crippen molar-refractivity contribution in [3.8, 4) is 5.75 Å². The maximum Gasteiger partial charge on any atom is 0.317 e. The van der Waals surface area contributed by atoms with Crippen LogP contribution in [0.1, 0.15) is 12.0 Å². The van der Waals surface area contributed by atoms with E-state index in [1.807, 2.05) is 11.9 Å². The second kappa shape index (κ2) is 5.69. The third kappa shape index (κ3) is 2.56. The van der Waals surface area contributed by atoms with Crippen LogP contribution in [0.25, 0.3) is 0 Å². The van der Waals surface area contributed by atoms with Crippen LogP contribution < -0.4 is 4.74 Å². The van der Waals surface area contributed by atoms with Gasteiger partial charge in [0.15, 0.2) is 0 Å². The second-order valence-electron chi connectivity index (χ2n) is 5.20. The van der Waals surface area contributed by atoms with E-state index in [9.17, 15) is 14.9 Å². The summed E-state index contributed by atoms with van der Waals surface area (Å²) in [6, 6.07) is 4.46. The molecule has 0 aromatic heterocycles. The first-order chi connectivity index (χ1) is 9.94. The van der Waals surface area contributed by atoms with Crippen LogP contribution in [0.15, 0.2) is 18.2 Å². The minimum absolute atomic E-state index is 0.0866. The molecular weight excluding hydrogens is 276 g/mol. The lowest BCUT2D eigenvalue weighted by atomic mass is 9.78. The Morgan fingerprint density at radius 1 is 1.43 bits per heavy atom. The van der Waals surface area contributed by atoms with E-state index in [0.29, 0.717) is 30.8 Å². The van der Waals surface area contributed by atoms with Gasteiger partial charge in [-0.1, -0.05) is 0 Å². The van der Waals surface area contributed by atoms with Gasteiger partial charge in [-0.05, 0) is 32.1 Å². The number of methoxy groups -OCH3 is 2. The van der Waals surface area contributed by atoms with Gasteiger partial charge in [-0.2, -0.15) is 0 Å². The van der Waals surface area contributed by atoms with E-state index in [-0.39, 0.29) is 5.69 Å². The first-order valence-corrected chi connectivity index (χ1v) is 6.54. The van der Waals surface area contributed by atoms with E-state index in [1.165, 1.54) is 26.4 Å². The number of esters is 1. The van der Waals surface area contributed by atoms with E-state index in [4.69, 9.17) is 9.47 Å². The third-order valence-electron chi connectivity index (χ3n) is 3.95. The maximum absolute atomic E-state index is 12.3. The summed E-state index contributed by atoms with van der Waals surface area (Å²) in [5.74, 6) is 0.0247. The number of nitro groups is 1. The Hall–Kier alpha value is -2.15. The molecule has 0 bridgehead atoms. The lowest BCUT2D eigenvalue weighted by molar-refractivity contribution is -0.386. The molecule has 0 saturated carbocycles. The van der Waals surface area contributed by atoms with Crippen LogP contribution in [-0.4, -0.2) is 50.1 Å². The van der Waals surface area contributed by atoms with Crippen molar-refractivity contribution in [2.45, 2.75) is 11.8 Å².